The van der Waals surface area contributed by atoms with E-state index in [9.17, 15) is 9.59 Å². The van der Waals surface area contributed by atoms with Gasteiger partial charge in [0.15, 0.2) is 0 Å². The van der Waals surface area contributed by atoms with E-state index >= 15 is 0 Å². The number of fused-ring (bicyclic) bond motifs is 1. The third-order valence-corrected chi connectivity index (χ3v) is 6.73. The van der Waals surface area contributed by atoms with Gasteiger partial charge in [0.25, 0.3) is 0 Å². The highest BCUT2D eigenvalue weighted by atomic mass is 16.3. The van der Waals surface area contributed by atoms with Gasteiger partial charge in [-0.15, -0.1) is 0 Å². The third-order valence-electron chi connectivity index (χ3n) is 6.73. The van der Waals surface area contributed by atoms with Crippen LogP contribution in [-0.2, 0) is 13.0 Å². The van der Waals surface area contributed by atoms with Crippen LogP contribution in [0.3, 0.4) is 0 Å². The highest BCUT2D eigenvalue weighted by Gasteiger charge is 2.30. The molecule has 2 aromatic carbocycles. The number of Topliss-reactive ketones (excluding diaryl/α,β-unsaturated/α-hetero) is 2. The first-order chi connectivity index (χ1) is 17.1. The average molecular weight is 471 g/mol. The Kier molecular flexibility index (Phi) is 6.68. The van der Waals surface area contributed by atoms with Gasteiger partial charge in [0.2, 0.25) is 11.6 Å². The molecule has 1 aliphatic carbocycles. The number of hydrogen-bond acceptors (Lipinski definition) is 7. The Morgan fingerprint density at radius 3 is 2.26 bits per heavy atom. The topological polar surface area (TPSA) is 91.8 Å². The van der Waals surface area contributed by atoms with Crippen molar-refractivity contribution in [2.45, 2.75) is 19.4 Å². The smallest absolute Gasteiger partial charge is 0.211 e. The number of benzene rings is 2. The minimum Gasteiger partial charge on any atom is -0.468 e. The monoisotopic (exact) mass is 470 g/mol. The number of nitrogens with one attached hydrogen (secondary N) is 1. The summed E-state index contributed by atoms with van der Waals surface area (Å²) >= 11 is 0. The summed E-state index contributed by atoms with van der Waals surface area (Å²) in [4.78, 5) is 30.1. The molecule has 0 unspecified atom stereocenters. The molecule has 0 bridgehead atoms. The Morgan fingerprint density at radius 1 is 0.857 bits per heavy atom. The highest BCUT2D eigenvalue weighted by molar-refractivity contribution is 6.26. The molecule has 0 saturated carbocycles. The number of furan rings is 1. The number of carbonyl (C=O) groups is 2. The first-order valence-electron chi connectivity index (χ1n) is 12.1. The zero-order chi connectivity index (χ0) is 24.2. The van der Waals surface area contributed by atoms with Crippen LogP contribution < -0.4 is 16.0 Å². The molecule has 1 fully saturated rings. The summed E-state index contributed by atoms with van der Waals surface area (Å²) in [6.07, 6.45) is 3.42. The molecule has 0 radical (unpaired) electrons. The lowest BCUT2D eigenvalue weighted by atomic mass is 9.90. The maximum absolute atomic E-state index is 12.8. The number of ketones is 2. The van der Waals surface area contributed by atoms with Gasteiger partial charge in [0.05, 0.1) is 12.8 Å². The van der Waals surface area contributed by atoms with Gasteiger partial charge in [-0.2, -0.15) is 0 Å². The fourth-order valence-corrected chi connectivity index (χ4v) is 4.74. The summed E-state index contributed by atoms with van der Waals surface area (Å²) in [5.41, 5.74) is 9.47. The fourth-order valence-electron chi connectivity index (χ4n) is 4.74. The zero-order valence-corrected chi connectivity index (χ0v) is 19.7. The second kappa shape index (κ2) is 10.2. The maximum atomic E-state index is 12.8. The lowest BCUT2D eigenvalue weighted by Gasteiger charge is -2.35. The van der Waals surface area contributed by atoms with E-state index in [0.29, 0.717) is 17.7 Å². The van der Waals surface area contributed by atoms with E-state index in [1.54, 1.807) is 30.5 Å². The summed E-state index contributed by atoms with van der Waals surface area (Å²) in [7, 11) is 0. The molecule has 5 rings (SSSR count). The van der Waals surface area contributed by atoms with E-state index in [-0.39, 0.29) is 23.0 Å². The van der Waals surface area contributed by atoms with E-state index in [4.69, 9.17) is 10.2 Å². The quantitative estimate of drug-likeness (QED) is 0.488. The van der Waals surface area contributed by atoms with Crippen LogP contribution in [0.5, 0.6) is 0 Å². The molecule has 1 aromatic heterocycles. The number of aryl methyl sites for hydroxylation is 1. The van der Waals surface area contributed by atoms with Gasteiger partial charge in [0.1, 0.15) is 17.2 Å². The van der Waals surface area contributed by atoms with Crippen molar-refractivity contribution in [1.29, 1.82) is 0 Å². The van der Waals surface area contributed by atoms with Gasteiger partial charge in [0, 0.05) is 49.5 Å². The Bertz CT molecular complexity index is 1220. The van der Waals surface area contributed by atoms with Crippen LogP contribution in [-0.4, -0.2) is 49.2 Å². The molecular weight excluding hydrogens is 440 g/mol. The molecule has 2 heterocycles. The van der Waals surface area contributed by atoms with Crippen molar-refractivity contribution in [3.63, 3.8) is 0 Å². The molecule has 0 spiro atoms. The molecule has 0 atom stereocenters. The van der Waals surface area contributed by atoms with Crippen molar-refractivity contribution in [3.05, 3.63) is 101 Å². The first kappa shape index (κ1) is 22.9. The molecule has 7 heteroatoms. The SMILES string of the molecule is NC1=C(NCCCc2ccc(N3CCN(Cc4ccco4)CC3)cc2)C(=O)c2ccccc2C1=O. The minimum atomic E-state index is -0.292. The summed E-state index contributed by atoms with van der Waals surface area (Å²) in [5, 5.41) is 3.11. The molecular formula is C28H30N4O3. The largest absolute Gasteiger partial charge is 0.468 e. The normalized spacial score (nSPS) is 16.5. The highest BCUT2D eigenvalue weighted by Crippen LogP contribution is 2.23. The second-order valence-electron chi connectivity index (χ2n) is 9.03. The van der Waals surface area contributed by atoms with Crippen LogP contribution in [0.1, 0.15) is 38.5 Å². The van der Waals surface area contributed by atoms with Crippen molar-refractivity contribution < 1.29 is 14.0 Å². The van der Waals surface area contributed by atoms with Crippen molar-refractivity contribution in [3.8, 4) is 0 Å². The number of nitrogens with zero attached hydrogens (tertiary/aromatic N) is 2. The molecule has 180 valence electrons. The molecule has 35 heavy (non-hydrogen) atoms. The van der Waals surface area contributed by atoms with Gasteiger partial charge in [-0.25, -0.2) is 0 Å². The molecule has 2 aliphatic rings. The van der Waals surface area contributed by atoms with Crippen LogP contribution >= 0.6 is 0 Å². The Hall–Kier alpha value is -3.84. The summed E-state index contributed by atoms with van der Waals surface area (Å²) in [5.74, 6) is 0.506. The standard InChI is InChI=1S/C28H30N4O3/c29-25-26(28(34)24-8-2-1-7-23(24)27(25)33)30-13-3-5-20-9-11-21(12-10-20)32-16-14-31(15-17-32)19-22-6-4-18-35-22/h1-2,4,6-12,18,30H,3,5,13-17,19,29H2. The van der Waals surface area contributed by atoms with E-state index in [2.05, 4.69) is 39.4 Å². The van der Waals surface area contributed by atoms with E-state index < -0.39 is 0 Å². The lowest BCUT2D eigenvalue weighted by molar-refractivity contribution is 0.0967. The molecule has 7 nitrogen and oxygen atoms in total. The molecule has 0 amide bonds. The van der Waals surface area contributed by atoms with E-state index in [1.807, 2.05) is 12.1 Å². The molecule has 1 saturated heterocycles. The number of hydrogen-bond donors (Lipinski definition) is 2. The van der Waals surface area contributed by atoms with Gasteiger partial charge < -0.3 is 20.4 Å². The van der Waals surface area contributed by atoms with Crippen LogP contribution in [0.4, 0.5) is 5.69 Å². The van der Waals surface area contributed by atoms with Crippen molar-refractivity contribution in [1.82, 2.24) is 10.2 Å². The van der Waals surface area contributed by atoms with E-state index in [0.717, 1.165) is 51.3 Å². The lowest BCUT2D eigenvalue weighted by Crippen LogP contribution is -2.45. The van der Waals surface area contributed by atoms with Crippen LogP contribution in [0, 0.1) is 0 Å². The number of piperazine rings is 1. The first-order valence-corrected chi connectivity index (χ1v) is 12.1. The van der Waals surface area contributed by atoms with Crippen LogP contribution in [0.25, 0.3) is 0 Å². The summed E-state index contributed by atoms with van der Waals surface area (Å²) < 4.78 is 5.46. The van der Waals surface area contributed by atoms with Crippen molar-refractivity contribution >= 4 is 17.3 Å². The fraction of sp³-hybridized carbons (Fsp3) is 0.286. The molecule has 1 aliphatic heterocycles. The number of anilines is 1. The van der Waals surface area contributed by atoms with Crippen LogP contribution in [0.15, 0.2) is 82.7 Å². The zero-order valence-electron chi connectivity index (χ0n) is 19.7. The predicted octanol–water partition coefficient (Wildman–Crippen LogP) is 3.37. The van der Waals surface area contributed by atoms with Gasteiger partial charge in [-0.1, -0.05) is 36.4 Å². The van der Waals surface area contributed by atoms with E-state index in [1.165, 1.54) is 11.3 Å². The average Bonchev–Trinajstić information content (AvgIpc) is 3.41. The van der Waals surface area contributed by atoms with Crippen LogP contribution in [0.2, 0.25) is 0 Å². The maximum Gasteiger partial charge on any atom is 0.211 e. The van der Waals surface area contributed by atoms with Gasteiger partial charge >= 0.3 is 0 Å². The third kappa shape index (κ3) is 5.00. The van der Waals surface area contributed by atoms with Crippen molar-refractivity contribution in [2.75, 3.05) is 37.6 Å². The Labute approximate surface area is 205 Å². The van der Waals surface area contributed by atoms with Crippen molar-refractivity contribution in [2.24, 2.45) is 5.73 Å². The molecule has 3 N–H and O–H groups in total. The molecule has 3 aromatic rings. The Morgan fingerprint density at radius 2 is 1.57 bits per heavy atom. The van der Waals surface area contributed by atoms with Gasteiger partial charge in [-0.05, 0) is 42.7 Å². The number of nitrogens with two attached hydrogens (primary N) is 1. The number of allylic oxidation sites excluding steroid dienone is 2. The second-order valence-corrected chi connectivity index (χ2v) is 9.03. The summed E-state index contributed by atoms with van der Waals surface area (Å²) in [6.45, 7) is 5.45. The Balaban J connectivity index is 1.09. The number of carbonyl (C=O) groups excluding carboxylic acids is 2. The predicted molar refractivity (Wildman–Crippen MR) is 135 cm³/mol. The van der Waals surface area contributed by atoms with Gasteiger partial charge in [-0.3, -0.25) is 14.5 Å². The minimum absolute atomic E-state index is 0.00214. The number of rotatable bonds is 8. The summed E-state index contributed by atoms with van der Waals surface area (Å²) in [6, 6.07) is 19.5.